The molecule has 0 radical (unpaired) electrons. The Morgan fingerprint density at radius 3 is 3.04 bits per heavy atom. The Morgan fingerprint density at radius 1 is 1.30 bits per heavy atom. The molecule has 9 heteroatoms. The van der Waals surface area contributed by atoms with Crippen molar-refractivity contribution < 1.29 is 0 Å². The maximum Gasteiger partial charge on any atom is 0.164 e. The Bertz CT molecular complexity index is 812. The highest BCUT2D eigenvalue weighted by atomic mass is 79.9. The number of fused-ring (bicyclic) bond motifs is 1. The smallest absolute Gasteiger partial charge is 0.164 e. The predicted octanol–water partition coefficient (Wildman–Crippen LogP) is 1.63. The van der Waals surface area contributed by atoms with Crippen LogP contribution < -0.4 is 4.90 Å². The molecule has 0 bridgehead atoms. The van der Waals surface area contributed by atoms with Crippen LogP contribution in [0.5, 0.6) is 0 Å². The summed E-state index contributed by atoms with van der Waals surface area (Å²) in [5.41, 5.74) is 0.847. The molecule has 3 aromatic heterocycles. The van der Waals surface area contributed by atoms with Gasteiger partial charge in [-0.2, -0.15) is 10.2 Å². The number of aryl methyl sites for hydroxylation is 1. The highest BCUT2D eigenvalue weighted by Crippen LogP contribution is 2.32. The molecule has 23 heavy (non-hydrogen) atoms. The van der Waals surface area contributed by atoms with Crippen LogP contribution in [0.25, 0.3) is 11.0 Å². The second-order valence-corrected chi connectivity index (χ2v) is 6.63. The summed E-state index contributed by atoms with van der Waals surface area (Å²) >= 11 is 3.54. The molecule has 4 heterocycles. The van der Waals surface area contributed by atoms with E-state index in [1.165, 1.54) is 6.42 Å². The molecule has 1 aliphatic heterocycles. The van der Waals surface area contributed by atoms with Crippen LogP contribution in [0.3, 0.4) is 0 Å². The monoisotopic (exact) mass is 376 g/mol. The minimum absolute atomic E-state index is 0.533. The molecular weight excluding hydrogens is 360 g/mol. The maximum absolute atomic E-state index is 4.53. The van der Waals surface area contributed by atoms with E-state index in [4.69, 9.17) is 0 Å². The van der Waals surface area contributed by atoms with E-state index in [1.807, 2.05) is 11.7 Å². The lowest BCUT2D eigenvalue weighted by Gasteiger charge is -2.33. The fourth-order valence-electron chi connectivity index (χ4n) is 3.26. The van der Waals surface area contributed by atoms with E-state index in [-0.39, 0.29) is 0 Å². The molecule has 8 nitrogen and oxygen atoms in total. The van der Waals surface area contributed by atoms with E-state index in [0.717, 1.165) is 47.5 Å². The van der Waals surface area contributed by atoms with Crippen LogP contribution in [0.1, 0.15) is 12.8 Å². The number of aromatic nitrogens is 7. The van der Waals surface area contributed by atoms with Crippen LogP contribution in [0.15, 0.2) is 23.6 Å². The first-order valence-electron chi connectivity index (χ1n) is 7.63. The minimum Gasteiger partial charge on any atom is -0.356 e. The van der Waals surface area contributed by atoms with Gasteiger partial charge in [-0.05, 0) is 34.7 Å². The van der Waals surface area contributed by atoms with Crippen molar-refractivity contribution >= 4 is 32.8 Å². The molecule has 0 aliphatic carbocycles. The van der Waals surface area contributed by atoms with Crippen LogP contribution in [-0.2, 0) is 13.6 Å². The number of anilines is 1. The number of hydrogen-bond donors (Lipinski definition) is 0. The first kappa shape index (κ1) is 14.6. The Morgan fingerprint density at radius 2 is 2.22 bits per heavy atom. The molecule has 0 amide bonds. The van der Waals surface area contributed by atoms with Gasteiger partial charge in [-0.1, -0.05) is 0 Å². The van der Waals surface area contributed by atoms with Gasteiger partial charge in [0.2, 0.25) is 0 Å². The fraction of sp³-hybridized carbons (Fsp3) is 0.500. The van der Waals surface area contributed by atoms with Gasteiger partial charge in [-0.3, -0.25) is 4.68 Å². The first-order valence-corrected chi connectivity index (χ1v) is 8.42. The number of halogens is 1. The fourth-order valence-corrected chi connectivity index (χ4v) is 3.86. The molecule has 0 N–H and O–H groups in total. The maximum atomic E-state index is 4.53. The van der Waals surface area contributed by atoms with E-state index in [2.05, 4.69) is 46.0 Å². The van der Waals surface area contributed by atoms with Gasteiger partial charge >= 0.3 is 0 Å². The van der Waals surface area contributed by atoms with Crippen LogP contribution in [-0.4, -0.2) is 47.6 Å². The quantitative estimate of drug-likeness (QED) is 0.691. The molecule has 1 atom stereocenters. The SMILES string of the molecule is Cn1nc(Br)c2c(N3CCCC(Cn4cncn4)C3)ncnc21. The van der Waals surface area contributed by atoms with E-state index in [0.29, 0.717) is 5.92 Å². The van der Waals surface area contributed by atoms with Crippen LogP contribution in [0.4, 0.5) is 5.82 Å². The molecular formula is C14H17BrN8. The van der Waals surface area contributed by atoms with Crippen molar-refractivity contribution in [3.8, 4) is 0 Å². The normalized spacial score (nSPS) is 18.7. The molecule has 1 saturated heterocycles. The Kier molecular flexibility index (Phi) is 3.72. The van der Waals surface area contributed by atoms with E-state index < -0.39 is 0 Å². The molecule has 1 unspecified atom stereocenters. The van der Waals surface area contributed by atoms with Crippen LogP contribution in [0.2, 0.25) is 0 Å². The average molecular weight is 377 g/mol. The number of hydrogen-bond acceptors (Lipinski definition) is 6. The summed E-state index contributed by atoms with van der Waals surface area (Å²) < 4.78 is 4.48. The molecule has 120 valence electrons. The van der Waals surface area contributed by atoms with E-state index >= 15 is 0 Å². The van der Waals surface area contributed by atoms with E-state index in [1.54, 1.807) is 23.7 Å². The van der Waals surface area contributed by atoms with Gasteiger partial charge in [0.05, 0.1) is 5.39 Å². The van der Waals surface area contributed by atoms with Crippen LogP contribution >= 0.6 is 15.9 Å². The lowest BCUT2D eigenvalue weighted by atomic mass is 9.98. The second-order valence-electron chi connectivity index (χ2n) is 5.88. The summed E-state index contributed by atoms with van der Waals surface area (Å²) in [6.45, 7) is 2.84. The second kappa shape index (κ2) is 5.88. The van der Waals surface area contributed by atoms with Crippen molar-refractivity contribution in [2.24, 2.45) is 13.0 Å². The van der Waals surface area contributed by atoms with Gasteiger partial charge in [0.25, 0.3) is 0 Å². The van der Waals surface area contributed by atoms with Gasteiger partial charge in [0.15, 0.2) is 5.65 Å². The first-order chi connectivity index (χ1) is 11.2. The zero-order valence-electron chi connectivity index (χ0n) is 12.8. The Balaban J connectivity index is 1.62. The minimum atomic E-state index is 0.533. The third-order valence-corrected chi connectivity index (χ3v) is 4.84. The Hall–Kier alpha value is -2.03. The molecule has 0 aromatic carbocycles. The molecule has 0 saturated carbocycles. The van der Waals surface area contributed by atoms with Crippen molar-refractivity contribution in [2.45, 2.75) is 19.4 Å². The third-order valence-electron chi connectivity index (χ3n) is 4.29. The largest absolute Gasteiger partial charge is 0.356 e. The highest BCUT2D eigenvalue weighted by molar-refractivity contribution is 9.10. The molecule has 4 rings (SSSR count). The van der Waals surface area contributed by atoms with Gasteiger partial charge in [0.1, 0.15) is 29.4 Å². The van der Waals surface area contributed by atoms with Crippen LogP contribution in [0, 0.1) is 5.92 Å². The lowest BCUT2D eigenvalue weighted by molar-refractivity contribution is 0.350. The van der Waals surface area contributed by atoms with Crippen molar-refractivity contribution in [1.29, 1.82) is 0 Å². The predicted molar refractivity (Wildman–Crippen MR) is 89.0 cm³/mol. The number of piperidine rings is 1. The zero-order valence-corrected chi connectivity index (χ0v) is 14.4. The molecule has 1 aliphatic rings. The topological polar surface area (TPSA) is 77.5 Å². The van der Waals surface area contributed by atoms with Gasteiger partial charge in [-0.25, -0.2) is 19.6 Å². The third kappa shape index (κ3) is 2.69. The van der Waals surface area contributed by atoms with Crippen molar-refractivity contribution in [3.63, 3.8) is 0 Å². The van der Waals surface area contributed by atoms with Crippen molar-refractivity contribution in [2.75, 3.05) is 18.0 Å². The number of rotatable bonds is 3. The summed E-state index contributed by atoms with van der Waals surface area (Å²) in [5, 5.41) is 9.61. The van der Waals surface area contributed by atoms with E-state index in [9.17, 15) is 0 Å². The highest BCUT2D eigenvalue weighted by Gasteiger charge is 2.25. The molecule has 1 fully saturated rings. The lowest BCUT2D eigenvalue weighted by Crippen LogP contribution is -2.37. The standard InChI is InChI=1S/C14H17BrN8/c1-21-13-11(12(15)20-21)14(18-8-17-13)22-4-2-3-10(5-22)6-23-9-16-7-19-23/h7-10H,2-6H2,1H3. The molecule has 3 aromatic rings. The van der Waals surface area contributed by atoms with Gasteiger partial charge in [0, 0.05) is 26.7 Å². The summed E-state index contributed by atoms with van der Waals surface area (Å²) in [6, 6.07) is 0. The summed E-state index contributed by atoms with van der Waals surface area (Å²) in [6.07, 6.45) is 7.31. The van der Waals surface area contributed by atoms with Crippen molar-refractivity contribution in [1.82, 2.24) is 34.5 Å². The zero-order chi connectivity index (χ0) is 15.8. The summed E-state index contributed by atoms with van der Waals surface area (Å²) in [7, 11) is 1.90. The van der Waals surface area contributed by atoms with Gasteiger partial charge < -0.3 is 4.90 Å². The summed E-state index contributed by atoms with van der Waals surface area (Å²) in [5.74, 6) is 1.49. The summed E-state index contributed by atoms with van der Waals surface area (Å²) in [4.78, 5) is 15.2. The Labute approximate surface area is 141 Å². The van der Waals surface area contributed by atoms with Crippen molar-refractivity contribution in [3.05, 3.63) is 23.6 Å². The number of nitrogens with zero attached hydrogens (tertiary/aromatic N) is 8. The molecule has 0 spiro atoms. The van der Waals surface area contributed by atoms with Gasteiger partial charge in [-0.15, -0.1) is 0 Å². The average Bonchev–Trinajstić information content (AvgIpc) is 3.16.